The van der Waals surface area contributed by atoms with E-state index in [2.05, 4.69) is 13.2 Å². The predicted molar refractivity (Wildman–Crippen MR) is 101 cm³/mol. The van der Waals surface area contributed by atoms with Crippen LogP contribution in [0.2, 0.25) is 0 Å². The Bertz CT molecular complexity index is 626. The highest BCUT2D eigenvalue weighted by Gasteiger charge is 2.56. The van der Waals surface area contributed by atoms with Crippen LogP contribution in [0.1, 0.15) is 41.5 Å². The monoisotopic (exact) mass is 380 g/mol. The highest BCUT2D eigenvalue weighted by Crippen LogP contribution is 2.46. The van der Waals surface area contributed by atoms with Crippen molar-refractivity contribution in [2.75, 3.05) is 13.2 Å². The van der Waals surface area contributed by atoms with Crippen LogP contribution in [0.25, 0.3) is 0 Å². The van der Waals surface area contributed by atoms with Crippen molar-refractivity contribution in [3.63, 3.8) is 0 Å². The van der Waals surface area contributed by atoms with Gasteiger partial charge >= 0.3 is 0 Å². The first-order valence-electron chi connectivity index (χ1n) is 9.46. The fourth-order valence-corrected chi connectivity index (χ4v) is 3.58. The van der Waals surface area contributed by atoms with Gasteiger partial charge in [-0.05, 0) is 31.9 Å². The van der Waals surface area contributed by atoms with Gasteiger partial charge in [0.1, 0.15) is 0 Å². The fourth-order valence-electron chi connectivity index (χ4n) is 3.58. The van der Waals surface area contributed by atoms with E-state index >= 15 is 0 Å². The first kappa shape index (κ1) is 22.0. The van der Waals surface area contributed by atoms with Crippen LogP contribution >= 0.6 is 0 Å². The van der Waals surface area contributed by atoms with Gasteiger partial charge in [-0.3, -0.25) is 9.59 Å². The smallest absolute Gasteiger partial charge is 0.177 e. The molecule has 0 N–H and O–H groups in total. The van der Waals surface area contributed by atoms with Crippen molar-refractivity contribution in [1.82, 2.24) is 0 Å². The molecule has 0 amide bonds. The average molecular weight is 380 g/mol. The van der Waals surface area contributed by atoms with E-state index < -0.39 is 18.4 Å². The van der Waals surface area contributed by atoms with Gasteiger partial charge in [0.05, 0.1) is 13.2 Å². The van der Waals surface area contributed by atoms with Crippen LogP contribution in [-0.4, -0.2) is 43.1 Å². The van der Waals surface area contributed by atoms with Crippen molar-refractivity contribution in [3.05, 3.63) is 24.3 Å². The molecule has 0 aromatic rings. The minimum Gasteiger partial charge on any atom is -0.352 e. The van der Waals surface area contributed by atoms with Gasteiger partial charge in [-0.15, -0.1) is 0 Å². The SMILES string of the molecule is C=C(C(C)=O)C(C)COC1OC2(C)OC(C(C)C(=C)C(C)=O)OCC2C1C. The molecular formula is C21H32O6. The maximum absolute atomic E-state index is 11.6. The van der Waals surface area contributed by atoms with E-state index in [-0.39, 0.29) is 35.2 Å². The number of Topliss-reactive ketones (excluding diaryl/α,β-unsaturated/α-hetero) is 2. The van der Waals surface area contributed by atoms with Crippen LogP contribution in [0.4, 0.5) is 0 Å². The summed E-state index contributed by atoms with van der Waals surface area (Å²) in [6, 6.07) is 0. The summed E-state index contributed by atoms with van der Waals surface area (Å²) in [4.78, 5) is 23.0. The Hall–Kier alpha value is -1.34. The normalized spacial score (nSPS) is 35.2. The molecule has 0 radical (unpaired) electrons. The molecule has 152 valence electrons. The molecular weight excluding hydrogens is 348 g/mol. The second kappa shape index (κ2) is 8.35. The van der Waals surface area contributed by atoms with E-state index in [1.807, 2.05) is 27.7 Å². The fraction of sp³-hybridized carbons (Fsp3) is 0.714. The summed E-state index contributed by atoms with van der Waals surface area (Å²) in [5, 5.41) is 0. The van der Waals surface area contributed by atoms with E-state index in [4.69, 9.17) is 18.9 Å². The summed E-state index contributed by atoms with van der Waals surface area (Å²) >= 11 is 0. The van der Waals surface area contributed by atoms with Crippen LogP contribution in [0.15, 0.2) is 24.3 Å². The van der Waals surface area contributed by atoms with Crippen molar-refractivity contribution >= 4 is 11.6 Å². The largest absolute Gasteiger partial charge is 0.352 e. The van der Waals surface area contributed by atoms with Gasteiger partial charge in [-0.25, -0.2) is 0 Å². The summed E-state index contributed by atoms with van der Waals surface area (Å²) in [5.41, 5.74) is 1.01. The van der Waals surface area contributed by atoms with Crippen LogP contribution in [0.3, 0.4) is 0 Å². The standard InChI is InChI=1S/C21H32O6/c1-11(12(2)16(6)22)9-24-20-15(5)18-10-25-19(26-21(18,8)27-20)14(4)13(3)17(7)23/h11,14-15,18-20H,2-3,9-10H2,1,4-8H3. The molecule has 2 saturated heterocycles. The molecule has 0 bridgehead atoms. The molecule has 6 nitrogen and oxygen atoms in total. The van der Waals surface area contributed by atoms with Gasteiger partial charge in [0.15, 0.2) is 29.9 Å². The lowest BCUT2D eigenvalue weighted by Gasteiger charge is -2.42. The predicted octanol–water partition coefficient (Wildman–Crippen LogP) is 3.26. The third kappa shape index (κ3) is 4.57. The van der Waals surface area contributed by atoms with Gasteiger partial charge in [0, 0.05) is 23.7 Å². The third-order valence-electron chi connectivity index (χ3n) is 5.85. The molecule has 2 fully saturated rings. The van der Waals surface area contributed by atoms with Gasteiger partial charge < -0.3 is 18.9 Å². The molecule has 7 unspecified atom stereocenters. The Morgan fingerprint density at radius 3 is 2.30 bits per heavy atom. The molecule has 2 heterocycles. The number of ketones is 2. The minimum absolute atomic E-state index is 0.00265. The molecule has 0 aliphatic carbocycles. The van der Waals surface area contributed by atoms with Crippen molar-refractivity contribution in [2.24, 2.45) is 23.7 Å². The lowest BCUT2D eigenvalue weighted by Crippen LogP contribution is -2.50. The Morgan fingerprint density at radius 1 is 1.15 bits per heavy atom. The quantitative estimate of drug-likeness (QED) is 0.602. The van der Waals surface area contributed by atoms with Gasteiger partial charge in [-0.1, -0.05) is 33.9 Å². The van der Waals surface area contributed by atoms with Crippen molar-refractivity contribution in [2.45, 2.75) is 59.9 Å². The Labute approximate surface area is 161 Å². The Kier molecular flexibility index (Phi) is 6.79. The van der Waals surface area contributed by atoms with Crippen LogP contribution in [-0.2, 0) is 28.5 Å². The molecule has 0 aromatic carbocycles. The van der Waals surface area contributed by atoms with Crippen molar-refractivity contribution < 1.29 is 28.5 Å². The van der Waals surface area contributed by atoms with E-state index in [1.165, 1.54) is 13.8 Å². The van der Waals surface area contributed by atoms with Crippen LogP contribution in [0, 0.1) is 23.7 Å². The maximum Gasteiger partial charge on any atom is 0.177 e. The van der Waals surface area contributed by atoms with E-state index in [1.54, 1.807) is 0 Å². The third-order valence-corrected chi connectivity index (χ3v) is 5.85. The topological polar surface area (TPSA) is 71.1 Å². The second-order valence-electron chi connectivity index (χ2n) is 7.97. The summed E-state index contributed by atoms with van der Waals surface area (Å²) in [6.45, 7) is 19.1. The molecule has 27 heavy (non-hydrogen) atoms. The average Bonchev–Trinajstić information content (AvgIpc) is 2.87. The van der Waals surface area contributed by atoms with Crippen molar-refractivity contribution in [1.29, 1.82) is 0 Å². The summed E-state index contributed by atoms with van der Waals surface area (Å²) in [7, 11) is 0. The minimum atomic E-state index is -0.862. The zero-order chi connectivity index (χ0) is 20.5. The number of ether oxygens (including phenoxy) is 4. The summed E-state index contributed by atoms with van der Waals surface area (Å²) in [6.07, 6.45) is -1.05. The second-order valence-corrected chi connectivity index (χ2v) is 7.97. The number of carbonyl (C=O) groups is 2. The molecule has 2 aliphatic heterocycles. The van der Waals surface area contributed by atoms with Crippen LogP contribution in [0.5, 0.6) is 0 Å². The molecule has 0 saturated carbocycles. The lowest BCUT2D eigenvalue weighted by molar-refractivity contribution is -0.366. The van der Waals surface area contributed by atoms with E-state index in [9.17, 15) is 9.59 Å². The molecule has 2 rings (SSSR count). The summed E-state index contributed by atoms with van der Waals surface area (Å²) < 4.78 is 24.1. The first-order valence-corrected chi connectivity index (χ1v) is 9.46. The zero-order valence-corrected chi connectivity index (χ0v) is 17.2. The first-order chi connectivity index (χ1) is 12.5. The van der Waals surface area contributed by atoms with Gasteiger partial charge in [0.2, 0.25) is 0 Å². The van der Waals surface area contributed by atoms with Gasteiger partial charge in [0.25, 0.3) is 0 Å². The maximum atomic E-state index is 11.6. The molecule has 6 heteroatoms. The van der Waals surface area contributed by atoms with Crippen molar-refractivity contribution in [3.8, 4) is 0 Å². The van der Waals surface area contributed by atoms with E-state index in [0.717, 1.165) is 0 Å². The number of carbonyl (C=O) groups excluding carboxylic acids is 2. The zero-order valence-electron chi connectivity index (χ0n) is 17.2. The van der Waals surface area contributed by atoms with E-state index in [0.29, 0.717) is 24.4 Å². The lowest BCUT2D eigenvalue weighted by atomic mass is 9.88. The summed E-state index contributed by atoms with van der Waals surface area (Å²) in [5.74, 6) is -1.27. The van der Waals surface area contributed by atoms with Crippen LogP contribution < -0.4 is 0 Å². The number of fused-ring (bicyclic) bond motifs is 1. The molecule has 0 aromatic heterocycles. The highest BCUT2D eigenvalue weighted by atomic mass is 16.8. The molecule has 0 spiro atoms. The van der Waals surface area contributed by atoms with Gasteiger partial charge in [-0.2, -0.15) is 0 Å². The highest BCUT2D eigenvalue weighted by molar-refractivity contribution is 5.93. The molecule has 2 aliphatic rings. The number of rotatable bonds is 8. The Balaban J connectivity index is 2.01. The number of hydrogen-bond acceptors (Lipinski definition) is 6. The number of hydrogen-bond donors (Lipinski definition) is 0. The Morgan fingerprint density at radius 2 is 1.74 bits per heavy atom. The molecule has 7 atom stereocenters.